The zero-order valence-electron chi connectivity index (χ0n) is 12.4. The molecule has 1 atom stereocenters. The number of hydrogen-bond donors (Lipinski definition) is 2. The summed E-state index contributed by atoms with van der Waals surface area (Å²) in [4.78, 5) is 24.7. The zero-order valence-corrected chi connectivity index (χ0v) is 14.7. The van der Waals surface area contributed by atoms with Crippen LogP contribution < -0.4 is 5.32 Å². The van der Waals surface area contributed by atoms with Gasteiger partial charge in [0.15, 0.2) is 11.4 Å². The molecule has 0 aliphatic carbocycles. The summed E-state index contributed by atoms with van der Waals surface area (Å²) < 4.78 is 0. The molecule has 23 heavy (non-hydrogen) atoms. The summed E-state index contributed by atoms with van der Waals surface area (Å²) in [6.07, 6.45) is -0.466. The van der Waals surface area contributed by atoms with Crippen LogP contribution in [0.5, 0.6) is 0 Å². The Kier molecular flexibility index (Phi) is 5.21. The molecule has 1 saturated heterocycles. The van der Waals surface area contributed by atoms with E-state index in [9.17, 15) is 14.7 Å². The van der Waals surface area contributed by atoms with Crippen molar-refractivity contribution in [3.8, 4) is 0 Å². The summed E-state index contributed by atoms with van der Waals surface area (Å²) in [5.74, 6) is -1.17. The third kappa shape index (κ3) is 3.45. The number of carbonyl (C=O) groups excluding carboxylic acids is 2. The molecular weight excluding hydrogens is 361 g/mol. The quantitative estimate of drug-likeness (QED) is 0.792. The highest BCUT2D eigenvalue weighted by atomic mass is 35.5. The monoisotopic (exact) mass is 373 g/mol. The van der Waals surface area contributed by atoms with Crippen LogP contribution in [0.1, 0.15) is 30.6 Å². The Morgan fingerprint density at radius 1 is 1.26 bits per heavy atom. The van der Waals surface area contributed by atoms with Crippen LogP contribution in [0, 0.1) is 0 Å². The van der Waals surface area contributed by atoms with Gasteiger partial charge in [0.2, 0.25) is 0 Å². The van der Waals surface area contributed by atoms with Gasteiger partial charge in [-0.1, -0.05) is 46.9 Å². The van der Waals surface area contributed by atoms with Crippen molar-refractivity contribution in [2.75, 3.05) is 0 Å². The highest BCUT2D eigenvalue weighted by Gasteiger charge is 2.50. The molecule has 1 aromatic rings. The van der Waals surface area contributed by atoms with E-state index in [2.05, 4.69) is 5.32 Å². The second kappa shape index (κ2) is 6.65. The van der Waals surface area contributed by atoms with E-state index in [-0.39, 0.29) is 21.3 Å². The number of hydrogen-bond acceptors (Lipinski definition) is 3. The van der Waals surface area contributed by atoms with E-state index in [1.165, 1.54) is 13.0 Å². The lowest BCUT2D eigenvalue weighted by molar-refractivity contribution is -0.132. The maximum Gasteiger partial charge on any atom is 0.261 e. The van der Waals surface area contributed by atoms with E-state index >= 15 is 0 Å². The van der Waals surface area contributed by atoms with E-state index in [1.54, 1.807) is 25.1 Å². The molecule has 1 heterocycles. The van der Waals surface area contributed by atoms with E-state index in [0.29, 0.717) is 10.6 Å². The topological polar surface area (TPSA) is 66.4 Å². The third-order valence-corrected chi connectivity index (χ3v) is 4.14. The van der Waals surface area contributed by atoms with Crippen molar-refractivity contribution in [2.24, 2.45) is 0 Å². The molecule has 0 radical (unpaired) electrons. The largest absolute Gasteiger partial charge is 0.375 e. The van der Waals surface area contributed by atoms with E-state index in [1.807, 2.05) is 0 Å². The normalized spacial score (nSPS) is 25.2. The molecule has 0 aromatic heterocycles. The molecule has 7 heteroatoms. The molecule has 1 aliphatic rings. The molecule has 1 aliphatic heterocycles. The van der Waals surface area contributed by atoms with Crippen LogP contribution in [-0.2, 0) is 4.79 Å². The van der Waals surface area contributed by atoms with Gasteiger partial charge in [-0.3, -0.25) is 9.59 Å². The minimum Gasteiger partial charge on any atom is -0.375 e. The van der Waals surface area contributed by atoms with Gasteiger partial charge in [0, 0.05) is 26.2 Å². The number of benzene rings is 1. The number of allylic oxidation sites excluding steroid dienone is 2. The van der Waals surface area contributed by atoms with Gasteiger partial charge in [-0.15, -0.1) is 0 Å². The molecule has 2 rings (SSSR count). The minimum absolute atomic E-state index is 0.118. The van der Waals surface area contributed by atoms with Crippen molar-refractivity contribution < 1.29 is 14.7 Å². The molecule has 1 aromatic carbocycles. The van der Waals surface area contributed by atoms with Gasteiger partial charge in [-0.2, -0.15) is 0 Å². The highest BCUT2D eigenvalue weighted by Crippen LogP contribution is 2.39. The molecule has 1 fully saturated rings. The Balaban J connectivity index is 2.44. The summed E-state index contributed by atoms with van der Waals surface area (Å²) in [5.41, 5.74) is -1.43. The van der Waals surface area contributed by atoms with Gasteiger partial charge in [-0.05, 0) is 26.0 Å². The van der Waals surface area contributed by atoms with Gasteiger partial charge >= 0.3 is 0 Å². The van der Waals surface area contributed by atoms with Crippen molar-refractivity contribution in [3.05, 3.63) is 56.2 Å². The Bertz CT molecular complexity index is 747. The van der Waals surface area contributed by atoms with Crippen LogP contribution in [0.15, 0.2) is 45.6 Å². The molecule has 4 nitrogen and oxygen atoms in total. The minimum atomic E-state index is -2.07. The number of amides is 1. The molecule has 0 spiro atoms. The molecule has 1 unspecified atom stereocenters. The summed E-state index contributed by atoms with van der Waals surface area (Å²) >= 11 is 17.8. The van der Waals surface area contributed by atoms with Gasteiger partial charge in [0.25, 0.3) is 5.91 Å². The molecule has 0 saturated carbocycles. The molecule has 0 bridgehead atoms. The van der Waals surface area contributed by atoms with Crippen LogP contribution in [0.25, 0.3) is 0 Å². The molecule has 2 N–H and O–H groups in total. The average molecular weight is 375 g/mol. The second-order valence-electron chi connectivity index (χ2n) is 5.24. The number of ketones is 1. The fourth-order valence-corrected chi connectivity index (χ4v) is 3.06. The zero-order chi connectivity index (χ0) is 17.4. The summed E-state index contributed by atoms with van der Waals surface area (Å²) in [6.45, 7) is 3.08. The molecule has 1 amide bonds. The van der Waals surface area contributed by atoms with Crippen LogP contribution >= 0.6 is 34.8 Å². The van der Waals surface area contributed by atoms with Crippen molar-refractivity contribution in [1.29, 1.82) is 0 Å². The maximum atomic E-state index is 12.4. The first-order valence-electron chi connectivity index (χ1n) is 6.73. The lowest BCUT2D eigenvalue weighted by Gasteiger charge is -2.21. The predicted molar refractivity (Wildman–Crippen MR) is 90.6 cm³/mol. The van der Waals surface area contributed by atoms with Gasteiger partial charge < -0.3 is 10.4 Å². The smallest absolute Gasteiger partial charge is 0.261 e. The van der Waals surface area contributed by atoms with Crippen molar-refractivity contribution in [1.82, 2.24) is 5.32 Å². The Morgan fingerprint density at radius 3 is 2.43 bits per heavy atom. The Hall–Kier alpha value is -1.33. The summed E-state index contributed by atoms with van der Waals surface area (Å²) in [5, 5.41) is 14.1. The van der Waals surface area contributed by atoms with Crippen LogP contribution in [0.4, 0.5) is 0 Å². The SMILES string of the molecule is C/C(Cl)=C1/NC(=O)C(O)(CC(=O)c2cccc(Cl)c2)/C1=C(/C)Cl. The molecular formula is C16H14Cl3NO3. The number of nitrogens with one attached hydrogen (secondary N) is 1. The van der Waals surface area contributed by atoms with Crippen LogP contribution in [0.3, 0.4) is 0 Å². The van der Waals surface area contributed by atoms with E-state index < -0.39 is 23.7 Å². The fourth-order valence-electron chi connectivity index (χ4n) is 2.48. The van der Waals surface area contributed by atoms with Crippen molar-refractivity contribution >= 4 is 46.5 Å². The third-order valence-electron chi connectivity index (χ3n) is 3.53. The van der Waals surface area contributed by atoms with Crippen LogP contribution in [0.2, 0.25) is 5.02 Å². The number of carbonyl (C=O) groups is 2. The fraction of sp³-hybridized carbons (Fsp3) is 0.250. The first kappa shape index (κ1) is 18.0. The Labute approximate surface area is 148 Å². The van der Waals surface area contributed by atoms with E-state index in [4.69, 9.17) is 34.8 Å². The summed E-state index contributed by atoms with van der Waals surface area (Å²) in [6, 6.07) is 6.28. The number of halogens is 3. The Morgan fingerprint density at radius 2 is 1.91 bits per heavy atom. The van der Waals surface area contributed by atoms with Gasteiger partial charge in [0.05, 0.1) is 12.1 Å². The lowest BCUT2D eigenvalue weighted by atomic mass is 9.87. The predicted octanol–water partition coefficient (Wildman–Crippen LogP) is 3.76. The number of Topliss-reactive ketones (excluding diaryl/α,β-unsaturated/α-hetero) is 1. The van der Waals surface area contributed by atoms with Crippen molar-refractivity contribution in [2.45, 2.75) is 25.9 Å². The second-order valence-corrected chi connectivity index (χ2v) is 6.81. The molecule has 122 valence electrons. The number of rotatable bonds is 3. The van der Waals surface area contributed by atoms with Crippen molar-refractivity contribution in [3.63, 3.8) is 0 Å². The lowest BCUT2D eigenvalue weighted by Crippen LogP contribution is -2.41. The first-order valence-corrected chi connectivity index (χ1v) is 7.86. The van der Waals surface area contributed by atoms with Gasteiger partial charge in [-0.25, -0.2) is 0 Å². The average Bonchev–Trinajstić information content (AvgIpc) is 2.71. The first-order chi connectivity index (χ1) is 10.7. The van der Waals surface area contributed by atoms with Gasteiger partial charge in [0.1, 0.15) is 0 Å². The number of aliphatic hydroxyl groups is 1. The highest BCUT2D eigenvalue weighted by molar-refractivity contribution is 6.33. The van der Waals surface area contributed by atoms with Crippen LogP contribution in [-0.4, -0.2) is 22.4 Å². The maximum absolute atomic E-state index is 12.4. The summed E-state index contributed by atoms with van der Waals surface area (Å²) in [7, 11) is 0. The van der Waals surface area contributed by atoms with E-state index in [0.717, 1.165) is 0 Å². The standard InChI is InChI=1S/C16H14Cl3NO3/c1-8(17)13-14(9(2)18)20-15(22)16(13,23)7-12(21)10-4-3-5-11(19)6-10/h3-6,23H,7H2,1-2H3,(H,20,22)/b13-8-,14-9-.